The molecule has 0 radical (unpaired) electrons. The first kappa shape index (κ1) is 15.9. The molecule has 24 heavy (non-hydrogen) atoms. The third kappa shape index (κ3) is 1.75. The topological polar surface area (TPSA) is 67.5 Å². The van der Waals surface area contributed by atoms with Crippen molar-refractivity contribution >= 4 is 12.3 Å². The number of hydrogen-bond donors (Lipinski definition) is 1. The van der Waals surface area contributed by atoms with Gasteiger partial charge < -0.3 is 14.3 Å². The van der Waals surface area contributed by atoms with Crippen molar-refractivity contribution in [2.24, 2.45) is 22.7 Å². The van der Waals surface area contributed by atoms with Gasteiger partial charge in [-0.1, -0.05) is 13.3 Å². The Morgan fingerprint density at radius 1 is 1.25 bits per heavy atom. The van der Waals surface area contributed by atoms with Crippen LogP contribution in [0.4, 0.5) is 0 Å². The highest BCUT2D eigenvalue weighted by Crippen LogP contribution is 2.66. The first-order valence-electron chi connectivity index (χ1n) is 9.15. The third-order valence-electron chi connectivity index (χ3n) is 7.81. The van der Waals surface area contributed by atoms with Crippen molar-refractivity contribution in [2.45, 2.75) is 64.2 Å². The molecular formula is C20H26O4. The zero-order chi connectivity index (χ0) is 17.2. The molecule has 2 saturated carbocycles. The fraction of sp³-hybridized carbons (Fsp3) is 0.700. The van der Waals surface area contributed by atoms with Crippen LogP contribution < -0.4 is 0 Å². The molecule has 3 aliphatic rings. The van der Waals surface area contributed by atoms with Gasteiger partial charge in [-0.15, -0.1) is 0 Å². The Morgan fingerprint density at radius 3 is 2.75 bits per heavy atom. The van der Waals surface area contributed by atoms with Crippen LogP contribution in [0.1, 0.15) is 63.7 Å². The first-order chi connectivity index (χ1) is 11.4. The molecule has 0 unspecified atom stereocenters. The lowest BCUT2D eigenvalue weighted by atomic mass is 9.41. The van der Waals surface area contributed by atoms with Gasteiger partial charge in [-0.25, -0.2) is 0 Å². The van der Waals surface area contributed by atoms with E-state index in [9.17, 15) is 14.7 Å². The summed E-state index contributed by atoms with van der Waals surface area (Å²) in [5.74, 6) is 0.493. The van der Waals surface area contributed by atoms with Crippen LogP contribution in [-0.2, 0) is 21.4 Å². The molecule has 4 nitrogen and oxygen atoms in total. The summed E-state index contributed by atoms with van der Waals surface area (Å²) in [5.41, 5.74) is -0.184. The number of carbonyl (C=O) groups excluding carboxylic acids is 1. The Hall–Kier alpha value is -1.58. The Balaban J connectivity index is 1.84. The van der Waals surface area contributed by atoms with Gasteiger partial charge in [-0.05, 0) is 74.3 Å². The minimum absolute atomic E-state index is 0.116. The lowest BCUT2D eigenvalue weighted by molar-refractivity contribution is -0.173. The van der Waals surface area contributed by atoms with Crippen LogP contribution in [0.2, 0.25) is 0 Å². The molecular weight excluding hydrogens is 304 g/mol. The summed E-state index contributed by atoms with van der Waals surface area (Å²) >= 11 is 0. The number of aryl methyl sites for hydroxylation is 1. The highest BCUT2D eigenvalue weighted by Gasteiger charge is 2.64. The maximum atomic E-state index is 12.3. The fourth-order valence-corrected chi connectivity index (χ4v) is 6.67. The Bertz CT molecular complexity index is 692. The summed E-state index contributed by atoms with van der Waals surface area (Å²) in [7, 11) is 0. The van der Waals surface area contributed by atoms with Crippen molar-refractivity contribution < 1.29 is 19.1 Å². The smallest absolute Gasteiger partial charge is 0.309 e. The summed E-state index contributed by atoms with van der Waals surface area (Å²) in [6, 6.07) is 1.99. The maximum Gasteiger partial charge on any atom is 0.309 e. The van der Waals surface area contributed by atoms with Gasteiger partial charge >= 0.3 is 5.97 Å². The van der Waals surface area contributed by atoms with Crippen molar-refractivity contribution in [3.63, 3.8) is 0 Å². The number of fused-ring (bicyclic) bond motifs is 5. The highest BCUT2D eigenvalue weighted by atomic mass is 16.4. The lowest BCUT2D eigenvalue weighted by Crippen LogP contribution is -2.60. The summed E-state index contributed by atoms with van der Waals surface area (Å²) in [6.07, 6.45) is 8.88. The van der Waals surface area contributed by atoms with Crippen molar-refractivity contribution in [3.05, 3.63) is 23.7 Å². The van der Waals surface area contributed by atoms with E-state index in [0.29, 0.717) is 6.42 Å². The van der Waals surface area contributed by atoms with Gasteiger partial charge in [0, 0.05) is 0 Å². The highest BCUT2D eigenvalue weighted by molar-refractivity contribution is 5.76. The summed E-state index contributed by atoms with van der Waals surface area (Å²) in [6.45, 7) is 4.17. The van der Waals surface area contributed by atoms with Crippen LogP contribution >= 0.6 is 0 Å². The van der Waals surface area contributed by atoms with Crippen LogP contribution in [0.25, 0.3) is 0 Å². The number of hydrogen-bond acceptors (Lipinski definition) is 3. The maximum absolute atomic E-state index is 12.3. The first-order valence-corrected chi connectivity index (χ1v) is 9.15. The minimum Gasteiger partial charge on any atom is -0.481 e. The summed E-state index contributed by atoms with van der Waals surface area (Å²) < 4.78 is 5.80. The lowest BCUT2D eigenvalue weighted by Gasteiger charge is -2.62. The van der Waals surface area contributed by atoms with E-state index in [-0.39, 0.29) is 17.3 Å². The van der Waals surface area contributed by atoms with Crippen LogP contribution in [0.5, 0.6) is 0 Å². The standard InChI is InChI=1S/C20H26O4/c1-18-8-3-9-19(2,17(22)23)14(18)6-10-20(12-21)15(18)5-4-13-7-11-24-16(13)20/h7,11-12,14-15H,3-6,8-10H2,1-2H3,(H,22,23)/t14-,15+,18-,19+,20-/m1/s1. The molecule has 0 amide bonds. The fourth-order valence-electron chi connectivity index (χ4n) is 6.67. The molecule has 1 aromatic heterocycles. The molecule has 0 saturated heterocycles. The monoisotopic (exact) mass is 330 g/mol. The molecule has 1 heterocycles. The van der Waals surface area contributed by atoms with Crippen molar-refractivity contribution in [2.75, 3.05) is 0 Å². The molecule has 4 rings (SSSR count). The molecule has 130 valence electrons. The zero-order valence-electron chi connectivity index (χ0n) is 14.5. The van der Waals surface area contributed by atoms with Crippen molar-refractivity contribution in [3.8, 4) is 0 Å². The molecule has 2 fully saturated rings. The average Bonchev–Trinajstić information content (AvgIpc) is 3.03. The predicted molar refractivity (Wildman–Crippen MR) is 88.7 cm³/mol. The number of aldehydes is 1. The molecule has 1 aromatic rings. The van der Waals surface area contributed by atoms with Crippen molar-refractivity contribution in [1.29, 1.82) is 0 Å². The van der Waals surface area contributed by atoms with Crippen LogP contribution in [0.15, 0.2) is 16.7 Å². The summed E-state index contributed by atoms with van der Waals surface area (Å²) in [5, 5.41) is 9.90. The van der Waals surface area contributed by atoms with Gasteiger partial charge in [-0.3, -0.25) is 4.79 Å². The molecule has 5 atom stereocenters. The quantitative estimate of drug-likeness (QED) is 0.833. The number of carboxylic acid groups (broad SMARTS) is 1. The van der Waals surface area contributed by atoms with E-state index in [0.717, 1.165) is 56.1 Å². The molecule has 0 bridgehead atoms. The zero-order valence-corrected chi connectivity index (χ0v) is 14.5. The van der Waals surface area contributed by atoms with E-state index >= 15 is 0 Å². The normalized spacial score (nSPS) is 44.1. The molecule has 0 spiro atoms. The van der Waals surface area contributed by atoms with E-state index in [1.807, 2.05) is 13.0 Å². The number of rotatable bonds is 2. The number of carboxylic acids is 1. The van der Waals surface area contributed by atoms with Gasteiger partial charge in [0.05, 0.1) is 17.1 Å². The van der Waals surface area contributed by atoms with E-state index in [4.69, 9.17) is 4.42 Å². The average molecular weight is 330 g/mol. The van der Waals surface area contributed by atoms with E-state index in [2.05, 4.69) is 6.92 Å². The second-order valence-electron chi connectivity index (χ2n) is 8.70. The van der Waals surface area contributed by atoms with Crippen LogP contribution in [0.3, 0.4) is 0 Å². The second kappa shape index (κ2) is 4.96. The second-order valence-corrected chi connectivity index (χ2v) is 8.70. The molecule has 4 heteroatoms. The molecule has 0 aliphatic heterocycles. The molecule has 0 aromatic carbocycles. The van der Waals surface area contributed by atoms with Gasteiger partial charge in [0.15, 0.2) is 0 Å². The van der Waals surface area contributed by atoms with Crippen molar-refractivity contribution in [1.82, 2.24) is 0 Å². The van der Waals surface area contributed by atoms with E-state index in [1.54, 1.807) is 6.26 Å². The minimum atomic E-state index is -0.675. The van der Waals surface area contributed by atoms with Crippen LogP contribution in [-0.4, -0.2) is 17.4 Å². The van der Waals surface area contributed by atoms with E-state index in [1.165, 1.54) is 0 Å². The Morgan fingerprint density at radius 2 is 2.04 bits per heavy atom. The van der Waals surface area contributed by atoms with Gasteiger partial charge in [0.1, 0.15) is 12.0 Å². The Kier molecular flexibility index (Phi) is 3.29. The largest absolute Gasteiger partial charge is 0.481 e. The Labute approximate surface area is 142 Å². The number of carbonyl (C=O) groups is 2. The third-order valence-corrected chi connectivity index (χ3v) is 7.81. The SMILES string of the molecule is C[C@@]12CCC[C@](C)(C(=O)O)[C@@H]1CC[C@]1(C=O)c3occc3CC[C@@H]21. The molecule has 1 N–H and O–H groups in total. The number of aliphatic carboxylic acids is 1. The summed E-state index contributed by atoms with van der Waals surface area (Å²) in [4.78, 5) is 24.4. The predicted octanol–water partition coefficient (Wildman–Crippen LogP) is 3.97. The molecule has 3 aliphatic carbocycles. The van der Waals surface area contributed by atoms with Gasteiger partial charge in [0.2, 0.25) is 0 Å². The van der Waals surface area contributed by atoms with Gasteiger partial charge in [0.25, 0.3) is 0 Å². The van der Waals surface area contributed by atoms with Gasteiger partial charge in [-0.2, -0.15) is 0 Å². The van der Waals surface area contributed by atoms with Crippen LogP contribution in [0, 0.1) is 22.7 Å². The van der Waals surface area contributed by atoms with E-state index < -0.39 is 16.8 Å². The number of furan rings is 1.